The summed E-state index contributed by atoms with van der Waals surface area (Å²) in [6, 6.07) is 16.7. The molecule has 1 amide bonds. The van der Waals surface area contributed by atoms with Gasteiger partial charge in [0, 0.05) is 6.42 Å². The van der Waals surface area contributed by atoms with E-state index in [4.69, 9.17) is 4.74 Å². The Morgan fingerprint density at radius 2 is 1.50 bits per heavy atom. The van der Waals surface area contributed by atoms with Crippen molar-refractivity contribution in [3.05, 3.63) is 71.8 Å². The van der Waals surface area contributed by atoms with Crippen molar-refractivity contribution in [3.63, 3.8) is 0 Å². The summed E-state index contributed by atoms with van der Waals surface area (Å²) in [6.07, 6.45) is -0.928. The molecule has 0 heterocycles. The smallest absolute Gasteiger partial charge is 0.408 e. The maximum Gasteiger partial charge on any atom is 0.408 e. The minimum Gasteiger partial charge on any atom is -0.480 e. The van der Waals surface area contributed by atoms with Gasteiger partial charge in [0.2, 0.25) is 7.37 Å². The van der Waals surface area contributed by atoms with E-state index in [1.54, 1.807) is 69.3 Å². The third-order valence-corrected chi connectivity index (χ3v) is 7.66. The lowest BCUT2D eigenvalue weighted by Crippen LogP contribution is -2.45. The zero-order valence-corrected chi connectivity index (χ0v) is 18.4. The molecule has 0 spiro atoms. The van der Waals surface area contributed by atoms with E-state index in [2.05, 4.69) is 5.32 Å². The fourth-order valence-electron chi connectivity index (χ4n) is 3.06. The van der Waals surface area contributed by atoms with Crippen molar-refractivity contribution in [3.8, 4) is 0 Å². The largest absolute Gasteiger partial charge is 0.480 e. The maximum atomic E-state index is 13.8. The molecule has 2 aromatic carbocycles. The van der Waals surface area contributed by atoms with Gasteiger partial charge in [-0.3, -0.25) is 9.36 Å². The van der Waals surface area contributed by atoms with E-state index in [1.807, 2.05) is 0 Å². The van der Waals surface area contributed by atoms with Crippen LogP contribution < -0.4 is 5.32 Å². The lowest BCUT2D eigenvalue weighted by atomic mass is 10.0. The van der Waals surface area contributed by atoms with Gasteiger partial charge in [0.25, 0.3) is 0 Å². The molecule has 3 N–H and O–H groups in total. The molecule has 0 aromatic heterocycles. The number of hydrogen-bond acceptors (Lipinski definition) is 4. The first-order valence-corrected chi connectivity index (χ1v) is 11.3. The van der Waals surface area contributed by atoms with Crippen molar-refractivity contribution in [1.29, 1.82) is 0 Å². The Hall–Kier alpha value is -2.63. The second kappa shape index (κ2) is 9.02. The molecule has 0 aliphatic carbocycles. The van der Waals surface area contributed by atoms with Gasteiger partial charge in [-0.2, -0.15) is 0 Å². The molecule has 0 bridgehead atoms. The number of aliphatic carboxylic acids is 1. The van der Waals surface area contributed by atoms with Crippen molar-refractivity contribution in [1.82, 2.24) is 5.32 Å². The lowest BCUT2D eigenvalue weighted by molar-refractivity contribution is -0.140. The summed E-state index contributed by atoms with van der Waals surface area (Å²) in [4.78, 5) is 35.9. The van der Waals surface area contributed by atoms with Crippen molar-refractivity contribution in [2.75, 3.05) is 0 Å². The minimum atomic E-state index is -4.60. The predicted octanol–water partition coefficient (Wildman–Crippen LogP) is 4.35. The van der Waals surface area contributed by atoms with Crippen LogP contribution >= 0.6 is 7.37 Å². The van der Waals surface area contributed by atoms with E-state index < -0.39 is 36.0 Å². The van der Waals surface area contributed by atoms with Gasteiger partial charge in [0.1, 0.15) is 11.4 Å². The normalized spacial score (nSPS) is 16.6. The van der Waals surface area contributed by atoms with Crippen LogP contribution in [0.1, 0.15) is 38.8 Å². The molecule has 162 valence electrons. The monoisotopic (exact) mass is 433 g/mol. The Balaban J connectivity index is 2.51. The molecule has 0 fully saturated rings. The van der Waals surface area contributed by atoms with Crippen LogP contribution in [0.15, 0.2) is 60.7 Å². The van der Waals surface area contributed by atoms with Crippen LogP contribution in [0.4, 0.5) is 4.79 Å². The Morgan fingerprint density at radius 1 is 1.00 bits per heavy atom. The zero-order chi connectivity index (χ0) is 22.6. The highest BCUT2D eigenvalue weighted by Crippen LogP contribution is 2.63. The number of hydrogen-bond donors (Lipinski definition) is 3. The summed E-state index contributed by atoms with van der Waals surface area (Å²) < 4.78 is 19.0. The first-order valence-electron chi connectivity index (χ1n) is 9.53. The summed E-state index contributed by atoms with van der Waals surface area (Å²) in [5.41, 5.74) is 0.0251. The topological polar surface area (TPSA) is 113 Å². The molecule has 3 unspecified atom stereocenters. The van der Waals surface area contributed by atoms with Crippen molar-refractivity contribution < 1.29 is 28.9 Å². The quantitative estimate of drug-likeness (QED) is 0.560. The first kappa shape index (κ1) is 23.6. The maximum absolute atomic E-state index is 13.8. The predicted molar refractivity (Wildman–Crippen MR) is 115 cm³/mol. The molecule has 30 heavy (non-hydrogen) atoms. The standard InChI is InChI=1S/C22H28NO6P/c1-21(2,3)29-20(26)23-18(15-16-11-7-5-8-12-16)30(27,28)22(4,19(24)25)17-13-9-6-10-14-17/h5-14,18H,15H2,1-4H3,(H,23,26)(H,24,25)(H,27,28). The van der Waals surface area contributed by atoms with Gasteiger partial charge >= 0.3 is 12.1 Å². The van der Waals surface area contributed by atoms with Gasteiger partial charge in [-0.15, -0.1) is 0 Å². The van der Waals surface area contributed by atoms with E-state index in [9.17, 15) is 24.2 Å². The molecule has 2 rings (SSSR count). The number of rotatable bonds is 7. The van der Waals surface area contributed by atoms with E-state index in [0.29, 0.717) is 5.56 Å². The molecular weight excluding hydrogens is 405 g/mol. The summed E-state index contributed by atoms with van der Waals surface area (Å²) in [5.74, 6) is -2.83. The Bertz CT molecular complexity index is 926. The molecule has 7 nitrogen and oxygen atoms in total. The average molecular weight is 433 g/mol. The number of ether oxygens (including phenoxy) is 1. The molecule has 0 aliphatic heterocycles. The fourth-order valence-corrected chi connectivity index (χ4v) is 5.22. The molecule has 0 aliphatic rings. The molecule has 2 aromatic rings. The first-order chi connectivity index (χ1) is 13.9. The molecule has 0 saturated heterocycles. The third kappa shape index (κ3) is 5.29. The number of carboxylic acid groups (broad SMARTS) is 1. The van der Waals surface area contributed by atoms with Gasteiger partial charge in [-0.25, -0.2) is 4.79 Å². The van der Waals surface area contributed by atoms with Gasteiger partial charge in [-0.1, -0.05) is 60.7 Å². The Kier molecular flexibility index (Phi) is 7.11. The summed E-state index contributed by atoms with van der Waals surface area (Å²) >= 11 is 0. The van der Waals surface area contributed by atoms with Crippen LogP contribution in [0.2, 0.25) is 0 Å². The number of nitrogens with one attached hydrogen (secondary N) is 1. The highest BCUT2D eigenvalue weighted by atomic mass is 31.2. The molecule has 0 saturated carbocycles. The number of alkyl carbamates (subject to hydrolysis) is 1. The zero-order valence-electron chi connectivity index (χ0n) is 17.5. The summed E-state index contributed by atoms with van der Waals surface area (Å²) in [5, 5.41) is 10.3. The SMILES string of the molecule is CC(C)(C)OC(=O)NC(Cc1ccccc1)P(=O)(O)C(C)(C(=O)O)c1ccccc1. The van der Waals surface area contributed by atoms with Gasteiger partial charge in [-0.05, 0) is 38.8 Å². The van der Waals surface area contributed by atoms with Gasteiger partial charge < -0.3 is 20.1 Å². The minimum absolute atomic E-state index is 0.0381. The van der Waals surface area contributed by atoms with Crippen LogP contribution in [0.25, 0.3) is 0 Å². The second-order valence-electron chi connectivity index (χ2n) is 8.22. The molecule has 0 radical (unpaired) electrons. The highest BCUT2D eigenvalue weighted by molar-refractivity contribution is 7.61. The highest BCUT2D eigenvalue weighted by Gasteiger charge is 2.56. The van der Waals surface area contributed by atoms with Crippen LogP contribution in [0.5, 0.6) is 0 Å². The van der Waals surface area contributed by atoms with Gasteiger partial charge in [0.15, 0.2) is 5.16 Å². The van der Waals surface area contributed by atoms with Crippen LogP contribution in [-0.4, -0.2) is 33.4 Å². The molecule has 3 atom stereocenters. The fraction of sp³-hybridized carbons (Fsp3) is 0.364. The number of benzene rings is 2. The van der Waals surface area contributed by atoms with Crippen LogP contribution in [0.3, 0.4) is 0 Å². The number of carboxylic acids is 1. The van der Waals surface area contributed by atoms with E-state index in [0.717, 1.165) is 0 Å². The Morgan fingerprint density at radius 3 is 1.97 bits per heavy atom. The van der Waals surface area contributed by atoms with Crippen LogP contribution in [0, 0.1) is 0 Å². The third-order valence-electron chi connectivity index (χ3n) is 4.77. The van der Waals surface area contributed by atoms with E-state index in [-0.39, 0.29) is 12.0 Å². The summed E-state index contributed by atoms with van der Waals surface area (Å²) in [7, 11) is -4.60. The van der Waals surface area contributed by atoms with Crippen molar-refractivity contribution in [2.24, 2.45) is 0 Å². The van der Waals surface area contributed by atoms with E-state index >= 15 is 0 Å². The van der Waals surface area contributed by atoms with E-state index in [1.165, 1.54) is 19.1 Å². The van der Waals surface area contributed by atoms with Crippen molar-refractivity contribution in [2.45, 2.75) is 50.7 Å². The lowest BCUT2D eigenvalue weighted by Gasteiger charge is -2.36. The summed E-state index contributed by atoms with van der Waals surface area (Å²) in [6.45, 7) is 6.22. The van der Waals surface area contributed by atoms with Gasteiger partial charge in [0.05, 0.1) is 0 Å². The number of carbonyl (C=O) groups is 2. The average Bonchev–Trinajstić information content (AvgIpc) is 2.66. The second-order valence-corrected chi connectivity index (χ2v) is 11.0. The number of carbonyl (C=O) groups excluding carboxylic acids is 1. The van der Waals surface area contributed by atoms with Crippen LogP contribution in [-0.2, 0) is 25.7 Å². The molecule has 8 heteroatoms. The number of amides is 1. The van der Waals surface area contributed by atoms with Crippen molar-refractivity contribution >= 4 is 19.4 Å². The Labute approximate surface area is 176 Å². The molecular formula is C22H28NO6P.